The van der Waals surface area contributed by atoms with Crippen molar-refractivity contribution in [2.75, 3.05) is 6.61 Å². The van der Waals surface area contributed by atoms with Gasteiger partial charge in [0.25, 0.3) is 0 Å². The minimum absolute atomic E-state index is 0.0427. The van der Waals surface area contributed by atoms with E-state index in [1.165, 1.54) is 0 Å². The Bertz CT molecular complexity index is 1190. The van der Waals surface area contributed by atoms with Gasteiger partial charge in [-0.15, -0.1) is 0 Å². The molecule has 0 aliphatic rings. The summed E-state index contributed by atoms with van der Waals surface area (Å²) in [7, 11) is 0. The molecule has 0 fully saturated rings. The molecule has 4 aromatic rings. The number of aliphatic carboxylic acids is 1. The number of aromatic nitrogens is 2. The van der Waals surface area contributed by atoms with E-state index >= 15 is 0 Å². The Morgan fingerprint density at radius 2 is 1.63 bits per heavy atom. The summed E-state index contributed by atoms with van der Waals surface area (Å²) in [5.41, 5.74) is 2.48. The first-order valence-corrected chi connectivity index (χ1v) is 9.61. The molecule has 0 saturated carbocycles. The Hall–Kier alpha value is -3.93. The van der Waals surface area contributed by atoms with Crippen LogP contribution in [0.25, 0.3) is 33.4 Å². The van der Waals surface area contributed by atoms with Gasteiger partial charge in [0, 0.05) is 23.6 Å². The third kappa shape index (κ3) is 4.55. The lowest BCUT2D eigenvalue weighted by atomic mass is 10.1. The number of rotatable bonds is 7. The number of hydrogen-bond acceptors (Lipinski definition) is 5. The molecule has 1 heterocycles. The summed E-state index contributed by atoms with van der Waals surface area (Å²) < 4.78 is 5.74. The summed E-state index contributed by atoms with van der Waals surface area (Å²) in [4.78, 5) is 20.0. The van der Waals surface area contributed by atoms with Crippen LogP contribution in [0.3, 0.4) is 0 Å². The van der Waals surface area contributed by atoms with Crippen LogP contribution >= 0.6 is 0 Å². The van der Waals surface area contributed by atoms with Crippen LogP contribution in [0.4, 0.5) is 0 Å². The van der Waals surface area contributed by atoms with Gasteiger partial charge in [0.1, 0.15) is 5.75 Å². The zero-order chi connectivity index (χ0) is 20.9. The van der Waals surface area contributed by atoms with E-state index in [-0.39, 0.29) is 18.8 Å². The third-order valence-corrected chi connectivity index (χ3v) is 4.64. The molecule has 0 aliphatic heterocycles. The fourth-order valence-electron chi connectivity index (χ4n) is 3.16. The van der Waals surface area contributed by atoms with Crippen LogP contribution < -0.4 is 4.74 Å². The van der Waals surface area contributed by atoms with E-state index in [9.17, 15) is 9.90 Å². The predicted molar refractivity (Wildman–Crippen MR) is 114 cm³/mol. The number of hydrogen-bond donors (Lipinski definition) is 2. The van der Waals surface area contributed by atoms with E-state index in [0.717, 1.165) is 27.6 Å². The number of fused-ring (bicyclic) bond motifs is 1. The molecule has 6 heteroatoms. The maximum atomic E-state index is 10.7. The van der Waals surface area contributed by atoms with Crippen molar-refractivity contribution in [2.45, 2.75) is 12.8 Å². The van der Waals surface area contributed by atoms with E-state index in [2.05, 4.69) is 4.98 Å². The van der Waals surface area contributed by atoms with Crippen LogP contribution in [0.2, 0.25) is 0 Å². The monoisotopic (exact) mass is 400 g/mol. The van der Waals surface area contributed by atoms with Gasteiger partial charge in [0.05, 0.1) is 12.3 Å². The van der Waals surface area contributed by atoms with Gasteiger partial charge in [-0.05, 0) is 35.4 Å². The molecule has 0 radical (unpaired) electrons. The molecule has 30 heavy (non-hydrogen) atoms. The second-order valence-corrected chi connectivity index (χ2v) is 6.87. The third-order valence-electron chi connectivity index (χ3n) is 4.64. The first-order valence-electron chi connectivity index (χ1n) is 9.61. The van der Waals surface area contributed by atoms with Gasteiger partial charge in [-0.3, -0.25) is 4.79 Å². The van der Waals surface area contributed by atoms with Crippen LogP contribution in [0.5, 0.6) is 11.6 Å². The van der Waals surface area contributed by atoms with Crippen molar-refractivity contribution in [3.05, 3.63) is 72.8 Å². The Morgan fingerprint density at radius 3 is 2.43 bits per heavy atom. The number of nitrogens with zero attached hydrogens (tertiary/aromatic N) is 2. The number of ether oxygens (including phenoxy) is 1. The minimum atomic E-state index is -0.853. The second kappa shape index (κ2) is 8.61. The van der Waals surface area contributed by atoms with Crippen molar-refractivity contribution >= 4 is 16.7 Å². The number of phenolic OH excluding ortho intramolecular Hbond substituents is 1. The second-order valence-electron chi connectivity index (χ2n) is 6.87. The zero-order valence-electron chi connectivity index (χ0n) is 16.2. The van der Waals surface area contributed by atoms with Crippen LogP contribution in [-0.4, -0.2) is 32.8 Å². The number of carbonyl (C=O) groups is 1. The summed E-state index contributed by atoms with van der Waals surface area (Å²) >= 11 is 0. The quantitative estimate of drug-likeness (QED) is 0.428. The highest BCUT2D eigenvalue weighted by Gasteiger charge is 2.11. The van der Waals surface area contributed by atoms with Gasteiger partial charge < -0.3 is 14.9 Å². The topological polar surface area (TPSA) is 92.5 Å². The van der Waals surface area contributed by atoms with Crippen molar-refractivity contribution in [3.8, 4) is 34.3 Å². The molecule has 6 nitrogen and oxygen atoms in total. The number of benzene rings is 3. The number of carboxylic acid groups (broad SMARTS) is 1. The Morgan fingerprint density at radius 1 is 0.867 bits per heavy atom. The van der Waals surface area contributed by atoms with E-state index in [1.807, 2.05) is 54.6 Å². The lowest BCUT2D eigenvalue weighted by molar-refractivity contribution is -0.137. The number of phenols is 1. The first-order chi connectivity index (χ1) is 14.6. The Kier molecular flexibility index (Phi) is 5.57. The van der Waals surface area contributed by atoms with Crippen molar-refractivity contribution in [1.82, 2.24) is 9.97 Å². The lowest BCUT2D eigenvalue weighted by Gasteiger charge is -2.10. The van der Waals surface area contributed by atoms with Crippen LogP contribution in [0.15, 0.2) is 72.8 Å². The molecule has 1 aromatic heterocycles. The zero-order valence-corrected chi connectivity index (χ0v) is 16.2. The molecule has 4 rings (SSSR count). The molecule has 0 atom stereocenters. The molecule has 0 amide bonds. The van der Waals surface area contributed by atoms with E-state index in [0.29, 0.717) is 18.1 Å². The molecule has 0 unspecified atom stereocenters. The van der Waals surface area contributed by atoms with Crippen LogP contribution in [0, 0.1) is 0 Å². The standard InChI is InChI=1S/C24H20N2O4/c27-20-11-10-17-13-19(9-8-18(17)14-20)24-25-21(16-5-2-1-3-6-16)15-22(26-24)30-12-4-7-23(28)29/h1-3,5-6,8-11,13-15,27H,4,7,12H2,(H,28,29). The van der Waals surface area contributed by atoms with Crippen molar-refractivity contribution in [3.63, 3.8) is 0 Å². The van der Waals surface area contributed by atoms with Gasteiger partial charge >= 0.3 is 5.97 Å². The summed E-state index contributed by atoms with van der Waals surface area (Å²) in [6.07, 6.45) is 0.440. The normalized spacial score (nSPS) is 10.8. The maximum Gasteiger partial charge on any atom is 0.303 e. The number of carboxylic acids is 1. The smallest absolute Gasteiger partial charge is 0.303 e. The van der Waals surface area contributed by atoms with Gasteiger partial charge in [-0.25, -0.2) is 4.98 Å². The highest BCUT2D eigenvalue weighted by Crippen LogP contribution is 2.28. The number of aromatic hydroxyl groups is 1. The van der Waals surface area contributed by atoms with Gasteiger partial charge in [-0.2, -0.15) is 4.98 Å². The molecule has 0 saturated heterocycles. The minimum Gasteiger partial charge on any atom is -0.508 e. The van der Waals surface area contributed by atoms with Crippen molar-refractivity contribution < 1.29 is 19.7 Å². The van der Waals surface area contributed by atoms with Gasteiger partial charge in [0.15, 0.2) is 5.82 Å². The first kappa shape index (κ1) is 19.4. The summed E-state index contributed by atoms with van der Waals surface area (Å²) in [5.74, 6) is 0.276. The molecular formula is C24H20N2O4. The van der Waals surface area contributed by atoms with Crippen molar-refractivity contribution in [1.29, 1.82) is 0 Å². The van der Waals surface area contributed by atoms with E-state index < -0.39 is 5.97 Å². The molecule has 0 spiro atoms. The fraction of sp³-hybridized carbons (Fsp3) is 0.125. The molecule has 0 aliphatic carbocycles. The van der Waals surface area contributed by atoms with Crippen LogP contribution in [0.1, 0.15) is 12.8 Å². The molecule has 0 bridgehead atoms. The molecule has 150 valence electrons. The average molecular weight is 400 g/mol. The van der Waals surface area contributed by atoms with Gasteiger partial charge in [0.2, 0.25) is 5.88 Å². The van der Waals surface area contributed by atoms with E-state index in [4.69, 9.17) is 14.8 Å². The van der Waals surface area contributed by atoms with Crippen molar-refractivity contribution in [2.24, 2.45) is 0 Å². The van der Waals surface area contributed by atoms with Gasteiger partial charge in [-0.1, -0.05) is 48.5 Å². The van der Waals surface area contributed by atoms with Crippen LogP contribution in [-0.2, 0) is 4.79 Å². The maximum absolute atomic E-state index is 10.7. The predicted octanol–water partition coefficient (Wildman–Crippen LogP) is 4.91. The highest BCUT2D eigenvalue weighted by molar-refractivity contribution is 5.87. The summed E-state index contributed by atoms with van der Waals surface area (Å²) in [6.45, 7) is 0.258. The Labute approximate surface area is 173 Å². The highest BCUT2D eigenvalue weighted by atomic mass is 16.5. The lowest BCUT2D eigenvalue weighted by Crippen LogP contribution is -2.04. The molecule has 2 N–H and O–H groups in total. The summed E-state index contributed by atoms with van der Waals surface area (Å²) in [5, 5.41) is 20.4. The molecule has 3 aromatic carbocycles. The summed E-state index contributed by atoms with van der Waals surface area (Å²) in [6, 6.07) is 22.5. The van der Waals surface area contributed by atoms with E-state index in [1.54, 1.807) is 18.2 Å². The largest absolute Gasteiger partial charge is 0.508 e. The molecular weight excluding hydrogens is 380 g/mol. The SMILES string of the molecule is O=C(O)CCCOc1cc(-c2ccccc2)nc(-c2ccc3cc(O)ccc3c2)n1. The Balaban J connectivity index is 1.71. The fourth-order valence-corrected chi connectivity index (χ4v) is 3.16. The average Bonchev–Trinajstić information content (AvgIpc) is 2.76.